The SMILES string of the molecule is CC(=O)N1CCC2=C(CN=C2C(=O)N2CCC(c3cccc(F)c3C(F)(F)F)CC2)C1. The average Bonchev–Trinajstić information content (AvgIpc) is 3.15. The molecule has 0 aliphatic carbocycles. The molecule has 3 aliphatic rings. The Morgan fingerprint density at radius 1 is 1.10 bits per heavy atom. The molecule has 2 amide bonds. The van der Waals surface area contributed by atoms with Crippen molar-refractivity contribution in [1.29, 1.82) is 0 Å². The van der Waals surface area contributed by atoms with Crippen molar-refractivity contribution >= 4 is 17.5 Å². The van der Waals surface area contributed by atoms with Gasteiger partial charge in [-0.25, -0.2) is 4.39 Å². The molecule has 0 atom stereocenters. The molecule has 166 valence electrons. The van der Waals surface area contributed by atoms with Crippen molar-refractivity contribution < 1.29 is 27.2 Å². The lowest BCUT2D eigenvalue weighted by atomic mass is 9.85. The third-order valence-electron chi connectivity index (χ3n) is 6.35. The Bertz CT molecular complexity index is 975. The fraction of sp³-hybridized carbons (Fsp3) is 0.500. The van der Waals surface area contributed by atoms with Crippen molar-refractivity contribution in [2.75, 3.05) is 32.7 Å². The summed E-state index contributed by atoms with van der Waals surface area (Å²) in [4.78, 5) is 32.4. The van der Waals surface area contributed by atoms with Crippen molar-refractivity contribution in [3.63, 3.8) is 0 Å². The van der Waals surface area contributed by atoms with E-state index in [1.807, 2.05) is 0 Å². The normalized spacial score (nSPS) is 20.1. The molecule has 0 aromatic heterocycles. The first-order valence-corrected chi connectivity index (χ1v) is 10.3. The van der Waals surface area contributed by atoms with Crippen molar-refractivity contribution in [3.8, 4) is 0 Å². The molecule has 0 spiro atoms. The third-order valence-corrected chi connectivity index (χ3v) is 6.35. The molecule has 1 aromatic rings. The highest BCUT2D eigenvalue weighted by Gasteiger charge is 2.40. The van der Waals surface area contributed by atoms with E-state index in [4.69, 9.17) is 0 Å². The van der Waals surface area contributed by atoms with E-state index in [0.717, 1.165) is 17.2 Å². The monoisotopic (exact) mass is 437 g/mol. The summed E-state index contributed by atoms with van der Waals surface area (Å²) < 4.78 is 54.0. The maximum atomic E-state index is 13.9. The molecule has 1 aromatic carbocycles. The lowest BCUT2D eigenvalue weighted by molar-refractivity contribution is -0.141. The number of aliphatic imine (C=N–C) groups is 1. The highest BCUT2D eigenvalue weighted by atomic mass is 19.4. The molecular formula is C22H23F4N3O2. The van der Waals surface area contributed by atoms with E-state index in [1.165, 1.54) is 19.1 Å². The molecule has 0 bridgehead atoms. The molecule has 31 heavy (non-hydrogen) atoms. The minimum atomic E-state index is -4.76. The number of amides is 2. The van der Waals surface area contributed by atoms with Crippen LogP contribution in [0.5, 0.6) is 0 Å². The van der Waals surface area contributed by atoms with Gasteiger partial charge in [0.15, 0.2) is 0 Å². The van der Waals surface area contributed by atoms with E-state index < -0.39 is 23.5 Å². The van der Waals surface area contributed by atoms with Gasteiger partial charge in [-0.1, -0.05) is 12.1 Å². The lowest BCUT2D eigenvalue weighted by Crippen LogP contribution is -2.43. The van der Waals surface area contributed by atoms with Gasteiger partial charge in [0.25, 0.3) is 5.91 Å². The van der Waals surface area contributed by atoms with Crippen LogP contribution < -0.4 is 0 Å². The predicted octanol–water partition coefficient (Wildman–Crippen LogP) is 3.55. The van der Waals surface area contributed by atoms with Crippen LogP contribution in [-0.4, -0.2) is 60.0 Å². The van der Waals surface area contributed by atoms with E-state index >= 15 is 0 Å². The number of nitrogens with zero attached hydrogens (tertiary/aromatic N) is 3. The van der Waals surface area contributed by atoms with E-state index in [9.17, 15) is 27.2 Å². The first-order valence-electron chi connectivity index (χ1n) is 10.3. The van der Waals surface area contributed by atoms with E-state index in [-0.39, 0.29) is 17.4 Å². The van der Waals surface area contributed by atoms with Crippen molar-refractivity contribution in [2.45, 2.75) is 38.3 Å². The topological polar surface area (TPSA) is 53.0 Å². The summed E-state index contributed by atoms with van der Waals surface area (Å²) in [5, 5.41) is 0. The highest BCUT2D eigenvalue weighted by molar-refractivity contribution is 6.46. The standard InChI is InChI=1S/C22H23F4N3O2/c1-13(30)29-10-7-17-15(12-29)11-27-20(17)21(31)28-8-5-14(6-9-28)16-3-2-4-18(23)19(16)22(24,25)26/h2-4,14H,5-12H2,1H3. The van der Waals surface area contributed by atoms with E-state index in [1.54, 1.807) is 9.80 Å². The summed E-state index contributed by atoms with van der Waals surface area (Å²) in [5.41, 5.74) is 1.05. The Morgan fingerprint density at radius 2 is 1.81 bits per heavy atom. The van der Waals surface area contributed by atoms with E-state index in [2.05, 4.69) is 4.99 Å². The van der Waals surface area contributed by atoms with Gasteiger partial charge in [-0.2, -0.15) is 13.2 Å². The lowest BCUT2D eigenvalue weighted by Gasteiger charge is -2.34. The minimum absolute atomic E-state index is 0.0102. The Morgan fingerprint density at radius 3 is 2.45 bits per heavy atom. The van der Waals surface area contributed by atoms with Crippen LogP contribution in [0.4, 0.5) is 17.6 Å². The van der Waals surface area contributed by atoms with Gasteiger partial charge in [0.1, 0.15) is 11.5 Å². The smallest absolute Gasteiger partial charge is 0.339 e. The van der Waals surface area contributed by atoms with Gasteiger partial charge in [-0.05, 0) is 48.0 Å². The second kappa shape index (κ2) is 8.09. The molecule has 0 N–H and O–H groups in total. The van der Waals surface area contributed by atoms with Gasteiger partial charge in [-0.3, -0.25) is 14.6 Å². The molecule has 1 saturated heterocycles. The average molecular weight is 437 g/mol. The van der Waals surface area contributed by atoms with Crippen molar-refractivity contribution in [1.82, 2.24) is 9.80 Å². The summed E-state index contributed by atoms with van der Waals surface area (Å²) in [6.45, 7) is 3.52. The molecule has 3 aliphatic heterocycles. The summed E-state index contributed by atoms with van der Waals surface area (Å²) in [6, 6.07) is 3.45. The summed E-state index contributed by atoms with van der Waals surface area (Å²) in [7, 11) is 0. The third kappa shape index (κ3) is 4.09. The largest absolute Gasteiger partial charge is 0.419 e. The van der Waals surface area contributed by atoms with E-state index in [0.29, 0.717) is 57.7 Å². The van der Waals surface area contributed by atoms with Gasteiger partial charge >= 0.3 is 6.18 Å². The van der Waals surface area contributed by atoms with Crippen LogP contribution in [0.15, 0.2) is 34.3 Å². The molecule has 5 nitrogen and oxygen atoms in total. The van der Waals surface area contributed by atoms with Crippen LogP contribution in [0.25, 0.3) is 0 Å². The van der Waals surface area contributed by atoms with Crippen LogP contribution >= 0.6 is 0 Å². The zero-order valence-corrected chi connectivity index (χ0v) is 17.1. The number of hydrogen-bond acceptors (Lipinski definition) is 3. The molecule has 4 rings (SSSR count). The number of alkyl halides is 3. The number of halogens is 4. The number of carbonyl (C=O) groups excluding carboxylic acids is 2. The Labute approximate surface area is 177 Å². The fourth-order valence-electron chi connectivity index (χ4n) is 4.72. The number of benzene rings is 1. The Kier molecular flexibility index (Phi) is 5.61. The molecule has 1 fully saturated rings. The van der Waals surface area contributed by atoms with Crippen LogP contribution in [0.1, 0.15) is 43.2 Å². The zero-order valence-electron chi connectivity index (χ0n) is 17.1. The van der Waals surface area contributed by atoms with Crippen LogP contribution in [0.2, 0.25) is 0 Å². The maximum absolute atomic E-state index is 13.9. The van der Waals surface area contributed by atoms with Crippen LogP contribution in [-0.2, 0) is 15.8 Å². The first kappa shape index (κ1) is 21.5. The molecule has 3 heterocycles. The molecule has 0 saturated carbocycles. The summed E-state index contributed by atoms with van der Waals surface area (Å²) in [6.07, 6.45) is -3.52. The highest BCUT2D eigenvalue weighted by Crippen LogP contribution is 2.40. The fourth-order valence-corrected chi connectivity index (χ4v) is 4.72. The molecule has 0 unspecified atom stereocenters. The number of piperidine rings is 1. The summed E-state index contributed by atoms with van der Waals surface area (Å²) >= 11 is 0. The van der Waals surface area contributed by atoms with Crippen LogP contribution in [0.3, 0.4) is 0 Å². The summed E-state index contributed by atoms with van der Waals surface area (Å²) in [5.74, 6) is -1.95. The quantitative estimate of drug-likeness (QED) is 0.665. The molecular weight excluding hydrogens is 414 g/mol. The van der Waals surface area contributed by atoms with Gasteiger partial charge < -0.3 is 9.80 Å². The van der Waals surface area contributed by atoms with Gasteiger partial charge in [0.2, 0.25) is 5.91 Å². The van der Waals surface area contributed by atoms with Gasteiger partial charge in [0, 0.05) is 33.1 Å². The number of likely N-dealkylation sites (tertiary alicyclic amines) is 1. The number of carbonyl (C=O) groups is 2. The minimum Gasteiger partial charge on any atom is -0.339 e. The second-order valence-electron chi connectivity index (χ2n) is 8.21. The second-order valence-corrected chi connectivity index (χ2v) is 8.21. The molecule has 9 heteroatoms. The van der Waals surface area contributed by atoms with Crippen molar-refractivity contribution in [3.05, 3.63) is 46.3 Å². The van der Waals surface area contributed by atoms with Crippen LogP contribution in [0, 0.1) is 5.82 Å². The predicted molar refractivity (Wildman–Crippen MR) is 106 cm³/mol. The van der Waals surface area contributed by atoms with Gasteiger partial charge in [-0.15, -0.1) is 0 Å². The van der Waals surface area contributed by atoms with Crippen molar-refractivity contribution in [2.24, 2.45) is 4.99 Å². The Balaban J connectivity index is 1.44. The van der Waals surface area contributed by atoms with Gasteiger partial charge in [0.05, 0.1) is 12.1 Å². The molecule has 0 radical (unpaired) electrons. The Hall–Kier alpha value is -2.71. The maximum Gasteiger partial charge on any atom is 0.419 e. The first-order chi connectivity index (χ1) is 14.7. The number of rotatable bonds is 2. The zero-order chi connectivity index (χ0) is 22.3. The number of hydrogen-bond donors (Lipinski definition) is 0.